The molecule has 0 radical (unpaired) electrons. The lowest BCUT2D eigenvalue weighted by atomic mass is 10.1. The van der Waals surface area contributed by atoms with Crippen molar-refractivity contribution < 1.29 is 14.3 Å². The zero-order valence-electron chi connectivity index (χ0n) is 13.2. The number of nitrogens with one attached hydrogen (secondary N) is 1. The highest BCUT2D eigenvalue weighted by Gasteiger charge is 2.14. The molecule has 1 saturated heterocycles. The Morgan fingerprint density at radius 2 is 2.13 bits per heavy atom. The van der Waals surface area contributed by atoms with Gasteiger partial charge in [-0.3, -0.25) is 9.69 Å². The maximum atomic E-state index is 12.5. The number of morpholine rings is 1. The Balaban J connectivity index is 1.69. The van der Waals surface area contributed by atoms with Crippen LogP contribution in [-0.4, -0.2) is 62.3 Å². The lowest BCUT2D eigenvalue weighted by Crippen LogP contribution is -2.41. The third-order valence-corrected chi connectivity index (χ3v) is 3.96. The van der Waals surface area contributed by atoms with Gasteiger partial charge in [0.25, 0.3) is 5.91 Å². The molecule has 1 aliphatic heterocycles. The Kier molecular flexibility index (Phi) is 5.05. The van der Waals surface area contributed by atoms with E-state index in [0.717, 1.165) is 43.8 Å². The lowest BCUT2D eigenvalue weighted by Gasteiger charge is -2.26. The normalized spacial score (nSPS) is 15.5. The van der Waals surface area contributed by atoms with E-state index in [1.165, 1.54) is 0 Å². The predicted octanol–water partition coefficient (Wildman–Crippen LogP) is 1.31. The molecule has 1 aromatic carbocycles. The number of para-hydroxylation sites is 1. The molecule has 6 heteroatoms. The number of carbonyl (C=O) groups excluding carboxylic acids is 1. The van der Waals surface area contributed by atoms with Gasteiger partial charge < -0.3 is 14.8 Å². The first-order valence-corrected chi connectivity index (χ1v) is 7.80. The summed E-state index contributed by atoms with van der Waals surface area (Å²) in [5.74, 6) is 0.345. The fraction of sp³-hybridized carbons (Fsp3) is 0.412. The van der Waals surface area contributed by atoms with Gasteiger partial charge in [0.05, 0.1) is 31.4 Å². The van der Waals surface area contributed by atoms with Crippen molar-refractivity contribution in [1.82, 2.24) is 15.2 Å². The number of methoxy groups -OCH3 is 1. The standard InChI is InChI=1S/C17H21N3O3/c1-22-16-12-14(13-4-2-3-5-15(13)19-16)17(21)18-6-7-20-8-10-23-11-9-20/h2-5,12H,6-11H2,1H3,(H,18,21). The Morgan fingerprint density at radius 3 is 2.91 bits per heavy atom. The van der Waals surface area contributed by atoms with Crippen LogP contribution in [0.15, 0.2) is 30.3 Å². The summed E-state index contributed by atoms with van der Waals surface area (Å²) in [6.07, 6.45) is 0. The van der Waals surface area contributed by atoms with E-state index in [1.54, 1.807) is 13.2 Å². The van der Waals surface area contributed by atoms with E-state index in [1.807, 2.05) is 24.3 Å². The van der Waals surface area contributed by atoms with Crippen LogP contribution in [0.25, 0.3) is 10.9 Å². The topological polar surface area (TPSA) is 63.7 Å². The monoisotopic (exact) mass is 315 g/mol. The minimum absolute atomic E-state index is 0.102. The second-order valence-electron chi connectivity index (χ2n) is 5.44. The molecule has 1 aliphatic rings. The molecular formula is C17H21N3O3. The fourth-order valence-electron chi connectivity index (χ4n) is 2.69. The summed E-state index contributed by atoms with van der Waals surface area (Å²) in [5.41, 5.74) is 1.35. The van der Waals surface area contributed by atoms with Crippen molar-refractivity contribution in [3.05, 3.63) is 35.9 Å². The van der Waals surface area contributed by atoms with Gasteiger partial charge in [0.2, 0.25) is 5.88 Å². The average Bonchev–Trinajstić information content (AvgIpc) is 2.61. The van der Waals surface area contributed by atoms with E-state index in [2.05, 4.69) is 15.2 Å². The first-order valence-electron chi connectivity index (χ1n) is 7.80. The summed E-state index contributed by atoms with van der Waals surface area (Å²) in [5, 5.41) is 3.82. The summed E-state index contributed by atoms with van der Waals surface area (Å²) in [7, 11) is 1.55. The number of hydrogen-bond donors (Lipinski definition) is 1. The second-order valence-corrected chi connectivity index (χ2v) is 5.44. The SMILES string of the molecule is COc1cc(C(=O)NCCN2CCOCC2)c2ccccc2n1. The van der Waals surface area contributed by atoms with E-state index in [4.69, 9.17) is 9.47 Å². The molecule has 0 atom stereocenters. The quantitative estimate of drug-likeness (QED) is 0.901. The summed E-state index contributed by atoms with van der Waals surface area (Å²) in [6.45, 7) is 4.80. The van der Waals surface area contributed by atoms with Crippen molar-refractivity contribution in [2.45, 2.75) is 0 Å². The molecule has 0 saturated carbocycles. The molecule has 0 aliphatic carbocycles. The van der Waals surface area contributed by atoms with Gasteiger partial charge in [-0.15, -0.1) is 0 Å². The van der Waals surface area contributed by atoms with Crippen molar-refractivity contribution >= 4 is 16.8 Å². The number of pyridine rings is 1. The number of hydrogen-bond acceptors (Lipinski definition) is 5. The van der Waals surface area contributed by atoms with Gasteiger partial charge in [0.15, 0.2) is 0 Å². The van der Waals surface area contributed by atoms with Gasteiger partial charge in [0, 0.05) is 37.6 Å². The molecule has 122 valence electrons. The summed E-state index contributed by atoms with van der Waals surface area (Å²) in [6, 6.07) is 9.27. The van der Waals surface area contributed by atoms with Crippen LogP contribution in [0.1, 0.15) is 10.4 Å². The molecular weight excluding hydrogens is 294 g/mol. The Morgan fingerprint density at radius 1 is 1.35 bits per heavy atom. The van der Waals surface area contributed by atoms with E-state index < -0.39 is 0 Å². The number of carbonyl (C=O) groups is 1. The van der Waals surface area contributed by atoms with Crippen LogP contribution in [0.4, 0.5) is 0 Å². The summed E-state index contributed by atoms with van der Waals surface area (Å²) in [4.78, 5) is 19.2. The van der Waals surface area contributed by atoms with Crippen LogP contribution >= 0.6 is 0 Å². The molecule has 1 amide bonds. The van der Waals surface area contributed by atoms with Crippen molar-refractivity contribution in [3.63, 3.8) is 0 Å². The van der Waals surface area contributed by atoms with Crippen LogP contribution in [0.2, 0.25) is 0 Å². The minimum atomic E-state index is -0.102. The number of nitrogens with zero attached hydrogens (tertiary/aromatic N) is 2. The van der Waals surface area contributed by atoms with Gasteiger partial charge in [-0.2, -0.15) is 0 Å². The zero-order chi connectivity index (χ0) is 16.1. The smallest absolute Gasteiger partial charge is 0.252 e. The van der Waals surface area contributed by atoms with Crippen molar-refractivity contribution in [1.29, 1.82) is 0 Å². The Bertz CT molecular complexity index is 684. The van der Waals surface area contributed by atoms with Crippen LogP contribution in [0.3, 0.4) is 0 Å². The van der Waals surface area contributed by atoms with Gasteiger partial charge >= 0.3 is 0 Å². The summed E-state index contributed by atoms with van der Waals surface area (Å²) >= 11 is 0. The van der Waals surface area contributed by atoms with E-state index in [0.29, 0.717) is 18.0 Å². The van der Waals surface area contributed by atoms with Crippen LogP contribution in [0.5, 0.6) is 5.88 Å². The average molecular weight is 315 g/mol. The maximum absolute atomic E-state index is 12.5. The highest BCUT2D eigenvalue weighted by atomic mass is 16.5. The largest absolute Gasteiger partial charge is 0.481 e. The van der Waals surface area contributed by atoms with Gasteiger partial charge in [-0.05, 0) is 6.07 Å². The first-order chi connectivity index (χ1) is 11.3. The zero-order valence-corrected chi connectivity index (χ0v) is 13.2. The Hall–Kier alpha value is -2.18. The number of fused-ring (bicyclic) bond motifs is 1. The molecule has 0 unspecified atom stereocenters. The van der Waals surface area contributed by atoms with Crippen molar-refractivity contribution in [3.8, 4) is 5.88 Å². The number of ether oxygens (including phenoxy) is 2. The second kappa shape index (κ2) is 7.39. The molecule has 23 heavy (non-hydrogen) atoms. The molecule has 1 N–H and O–H groups in total. The molecule has 1 aromatic heterocycles. The number of amides is 1. The van der Waals surface area contributed by atoms with E-state index in [9.17, 15) is 4.79 Å². The van der Waals surface area contributed by atoms with Gasteiger partial charge in [0.1, 0.15) is 0 Å². The number of benzene rings is 1. The Labute approximate surface area is 135 Å². The molecule has 3 rings (SSSR count). The number of rotatable bonds is 5. The third-order valence-electron chi connectivity index (χ3n) is 3.96. The molecule has 0 bridgehead atoms. The van der Waals surface area contributed by atoms with Crippen LogP contribution in [-0.2, 0) is 4.74 Å². The highest BCUT2D eigenvalue weighted by molar-refractivity contribution is 6.06. The molecule has 6 nitrogen and oxygen atoms in total. The number of aromatic nitrogens is 1. The van der Waals surface area contributed by atoms with Gasteiger partial charge in [-0.25, -0.2) is 4.98 Å². The predicted molar refractivity (Wildman–Crippen MR) is 87.9 cm³/mol. The fourth-order valence-corrected chi connectivity index (χ4v) is 2.69. The maximum Gasteiger partial charge on any atom is 0.252 e. The third kappa shape index (κ3) is 3.78. The molecule has 2 aromatic rings. The van der Waals surface area contributed by atoms with Crippen molar-refractivity contribution in [2.75, 3.05) is 46.5 Å². The molecule has 2 heterocycles. The first kappa shape index (κ1) is 15.7. The van der Waals surface area contributed by atoms with Gasteiger partial charge in [-0.1, -0.05) is 18.2 Å². The molecule has 1 fully saturated rings. The van der Waals surface area contributed by atoms with E-state index in [-0.39, 0.29) is 5.91 Å². The molecule has 0 spiro atoms. The minimum Gasteiger partial charge on any atom is -0.481 e. The van der Waals surface area contributed by atoms with Crippen molar-refractivity contribution in [2.24, 2.45) is 0 Å². The summed E-state index contributed by atoms with van der Waals surface area (Å²) < 4.78 is 10.5. The van der Waals surface area contributed by atoms with Crippen LogP contribution in [0, 0.1) is 0 Å². The van der Waals surface area contributed by atoms with E-state index >= 15 is 0 Å². The lowest BCUT2D eigenvalue weighted by molar-refractivity contribution is 0.0383. The highest BCUT2D eigenvalue weighted by Crippen LogP contribution is 2.21. The van der Waals surface area contributed by atoms with Crippen LogP contribution < -0.4 is 10.1 Å².